The Morgan fingerprint density at radius 3 is 2.13 bits per heavy atom. The van der Waals surface area contributed by atoms with E-state index in [1.54, 1.807) is 12.1 Å². The van der Waals surface area contributed by atoms with Crippen molar-refractivity contribution in [3.63, 3.8) is 0 Å². The molecule has 1 rings (SSSR count). The van der Waals surface area contributed by atoms with Crippen molar-refractivity contribution in [3.05, 3.63) is 29.8 Å². The summed E-state index contributed by atoms with van der Waals surface area (Å²) in [5, 5.41) is 2.80. The molecule has 23 heavy (non-hydrogen) atoms. The van der Waals surface area contributed by atoms with Crippen molar-refractivity contribution < 1.29 is 14.3 Å². The predicted octanol–water partition coefficient (Wildman–Crippen LogP) is 2.85. The summed E-state index contributed by atoms with van der Waals surface area (Å²) in [6, 6.07) is 7.29. The minimum Gasteiger partial charge on any atom is -0.452 e. The van der Waals surface area contributed by atoms with Crippen molar-refractivity contribution in [2.75, 3.05) is 24.6 Å². The van der Waals surface area contributed by atoms with Crippen molar-refractivity contribution in [1.82, 2.24) is 5.32 Å². The zero-order valence-corrected chi connectivity index (χ0v) is 14.8. The molecule has 5 nitrogen and oxygen atoms in total. The summed E-state index contributed by atoms with van der Waals surface area (Å²) < 4.78 is 5.06. The normalized spacial score (nSPS) is 11.9. The van der Waals surface area contributed by atoms with Crippen LogP contribution >= 0.6 is 0 Å². The third kappa shape index (κ3) is 5.93. The lowest BCUT2D eigenvalue weighted by Gasteiger charge is -2.21. The fourth-order valence-electron chi connectivity index (χ4n) is 2.07. The Morgan fingerprint density at radius 1 is 1.09 bits per heavy atom. The van der Waals surface area contributed by atoms with Crippen LogP contribution in [0.15, 0.2) is 24.3 Å². The zero-order chi connectivity index (χ0) is 17.4. The molecule has 0 spiro atoms. The van der Waals surface area contributed by atoms with E-state index in [0.29, 0.717) is 11.5 Å². The average Bonchev–Trinajstić information content (AvgIpc) is 2.54. The third-order valence-corrected chi connectivity index (χ3v) is 3.95. The SMILES string of the molecule is CCN(CC)c1ccc(C(=O)OCC(=O)N[C@@H](C)C(C)C)cc1. The summed E-state index contributed by atoms with van der Waals surface area (Å²) in [7, 11) is 0. The van der Waals surface area contributed by atoms with Crippen LogP contribution in [0.5, 0.6) is 0 Å². The largest absolute Gasteiger partial charge is 0.452 e. The number of esters is 1. The van der Waals surface area contributed by atoms with Gasteiger partial charge < -0.3 is 15.0 Å². The van der Waals surface area contributed by atoms with Crippen molar-refractivity contribution in [2.45, 2.75) is 40.7 Å². The fourth-order valence-corrected chi connectivity index (χ4v) is 2.07. The van der Waals surface area contributed by atoms with Crippen molar-refractivity contribution >= 4 is 17.6 Å². The highest BCUT2D eigenvalue weighted by Gasteiger charge is 2.14. The third-order valence-electron chi connectivity index (χ3n) is 3.95. The van der Waals surface area contributed by atoms with Crippen LogP contribution < -0.4 is 10.2 Å². The van der Waals surface area contributed by atoms with Gasteiger partial charge in [-0.05, 0) is 51.0 Å². The number of nitrogens with zero attached hydrogens (tertiary/aromatic N) is 1. The molecule has 1 amide bonds. The second-order valence-corrected chi connectivity index (χ2v) is 5.90. The van der Waals surface area contributed by atoms with Crippen LogP contribution in [0.25, 0.3) is 0 Å². The van der Waals surface area contributed by atoms with Gasteiger partial charge in [-0.15, -0.1) is 0 Å². The maximum atomic E-state index is 12.0. The van der Waals surface area contributed by atoms with Gasteiger partial charge in [-0.1, -0.05) is 13.8 Å². The molecule has 0 heterocycles. The molecule has 128 valence electrons. The molecule has 0 fully saturated rings. The monoisotopic (exact) mass is 320 g/mol. The lowest BCUT2D eigenvalue weighted by molar-refractivity contribution is -0.125. The van der Waals surface area contributed by atoms with Gasteiger partial charge in [0.05, 0.1) is 5.56 Å². The van der Waals surface area contributed by atoms with Crippen LogP contribution in [0, 0.1) is 5.92 Å². The summed E-state index contributed by atoms with van der Waals surface area (Å²) in [4.78, 5) is 25.9. The van der Waals surface area contributed by atoms with E-state index < -0.39 is 5.97 Å². The molecular weight excluding hydrogens is 292 g/mol. The standard InChI is InChI=1S/C18H28N2O3/c1-6-20(7-2)16-10-8-15(9-11-16)18(22)23-12-17(21)19-14(5)13(3)4/h8-11,13-14H,6-7,12H2,1-5H3,(H,19,21)/t14-/m0/s1. The van der Waals surface area contributed by atoms with Gasteiger partial charge in [0.25, 0.3) is 5.91 Å². The van der Waals surface area contributed by atoms with E-state index in [1.165, 1.54) is 0 Å². The Labute approximate surface area is 139 Å². The predicted molar refractivity (Wildman–Crippen MR) is 92.7 cm³/mol. The second kappa shape index (κ2) is 9.18. The molecule has 0 aromatic heterocycles. The lowest BCUT2D eigenvalue weighted by atomic mass is 10.1. The van der Waals surface area contributed by atoms with Gasteiger partial charge in [0, 0.05) is 24.8 Å². The van der Waals surface area contributed by atoms with Crippen LogP contribution in [0.1, 0.15) is 45.0 Å². The van der Waals surface area contributed by atoms with Crippen LogP contribution in [-0.4, -0.2) is 37.6 Å². The Balaban J connectivity index is 2.53. The average molecular weight is 320 g/mol. The molecule has 1 N–H and O–H groups in total. The number of amides is 1. The molecule has 0 radical (unpaired) electrons. The smallest absolute Gasteiger partial charge is 0.338 e. The van der Waals surface area contributed by atoms with E-state index in [-0.39, 0.29) is 18.6 Å². The minimum absolute atomic E-state index is 0.0505. The van der Waals surface area contributed by atoms with Gasteiger partial charge in [0.2, 0.25) is 0 Å². The summed E-state index contributed by atoms with van der Waals surface area (Å²) in [6.45, 7) is 11.7. The second-order valence-electron chi connectivity index (χ2n) is 5.90. The minimum atomic E-state index is -0.483. The Bertz CT molecular complexity index is 508. The molecule has 0 aliphatic rings. The van der Waals surface area contributed by atoms with Crippen molar-refractivity contribution in [2.24, 2.45) is 5.92 Å². The molecule has 0 saturated carbocycles. The van der Waals surface area contributed by atoms with Gasteiger partial charge in [0.1, 0.15) is 0 Å². The summed E-state index contributed by atoms with van der Waals surface area (Å²) >= 11 is 0. The Morgan fingerprint density at radius 2 is 1.65 bits per heavy atom. The van der Waals surface area contributed by atoms with Crippen LogP contribution in [0.2, 0.25) is 0 Å². The van der Waals surface area contributed by atoms with E-state index in [4.69, 9.17) is 4.74 Å². The molecule has 5 heteroatoms. The summed E-state index contributed by atoms with van der Waals surface area (Å²) in [5.74, 6) is -0.426. The quantitative estimate of drug-likeness (QED) is 0.748. The first-order chi connectivity index (χ1) is 10.9. The number of hydrogen-bond acceptors (Lipinski definition) is 4. The first kappa shape index (κ1) is 19.0. The maximum Gasteiger partial charge on any atom is 0.338 e. The van der Waals surface area contributed by atoms with Crippen LogP contribution in [0.4, 0.5) is 5.69 Å². The topological polar surface area (TPSA) is 58.6 Å². The summed E-state index contributed by atoms with van der Waals surface area (Å²) in [6.07, 6.45) is 0. The van der Waals surface area contributed by atoms with E-state index >= 15 is 0 Å². The number of anilines is 1. The first-order valence-electron chi connectivity index (χ1n) is 8.20. The molecule has 1 atom stereocenters. The van der Waals surface area contributed by atoms with Gasteiger partial charge in [0.15, 0.2) is 6.61 Å². The molecule has 0 bridgehead atoms. The Hall–Kier alpha value is -2.04. The van der Waals surface area contributed by atoms with Gasteiger partial charge in [-0.25, -0.2) is 4.79 Å². The molecule has 0 unspecified atom stereocenters. The van der Waals surface area contributed by atoms with Gasteiger partial charge in [-0.3, -0.25) is 4.79 Å². The number of ether oxygens (including phenoxy) is 1. The molecular formula is C18H28N2O3. The van der Waals surface area contributed by atoms with E-state index in [9.17, 15) is 9.59 Å². The number of nitrogens with one attached hydrogen (secondary N) is 1. The van der Waals surface area contributed by atoms with Crippen LogP contribution in [0.3, 0.4) is 0 Å². The van der Waals surface area contributed by atoms with Gasteiger partial charge in [-0.2, -0.15) is 0 Å². The van der Waals surface area contributed by atoms with Crippen molar-refractivity contribution in [3.8, 4) is 0 Å². The number of rotatable bonds is 8. The highest BCUT2D eigenvalue weighted by molar-refractivity contribution is 5.91. The number of carbonyl (C=O) groups excluding carboxylic acids is 2. The van der Waals surface area contributed by atoms with Gasteiger partial charge >= 0.3 is 5.97 Å². The number of hydrogen-bond donors (Lipinski definition) is 1. The fraction of sp³-hybridized carbons (Fsp3) is 0.556. The maximum absolute atomic E-state index is 12.0. The van der Waals surface area contributed by atoms with Crippen molar-refractivity contribution in [1.29, 1.82) is 0 Å². The molecule has 0 saturated heterocycles. The van der Waals surface area contributed by atoms with Crippen LogP contribution in [-0.2, 0) is 9.53 Å². The highest BCUT2D eigenvalue weighted by Crippen LogP contribution is 2.15. The number of benzene rings is 1. The number of carbonyl (C=O) groups is 2. The zero-order valence-electron chi connectivity index (χ0n) is 14.8. The molecule has 0 aliphatic carbocycles. The first-order valence-corrected chi connectivity index (χ1v) is 8.20. The molecule has 0 aliphatic heterocycles. The molecule has 1 aromatic rings. The van der Waals surface area contributed by atoms with E-state index in [0.717, 1.165) is 18.8 Å². The Kier molecular flexibility index (Phi) is 7.59. The summed E-state index contributed by atoms with van der Waals surface area (Å²) in [5.41, 5.74) is 1.51. The van der Waals surface area contributed by atoms with E-state index in [1.807, 2.05) is 32.9 Å². The van der Waals surface area contributed by atoms with E-state index in [2.05, 4.69) is 24.1 Å². The lowest BCUT2D eigenvalue weighted by Crippen LogP contribution is -2.38. The highest BCUT2D eigenvalue weighted by atomic mass is 16.5. The molecule has 1 aromatic carbocycles.